The van der Waals surface area contributed by atoms with Gasteiger partial charge in [-0.2, -0.15) is 0 Å². The van der Waals surface area contributed by atoms with Gasteiger partial charge in [-0.15, -0.1) is 0 Å². The molecular formula is C112H83BN4. The van der Waals surface area contributed by atoms with Crippen molar-refractivity contribution < 1.29 is 0 Å². The molecule has 2 aliphatic heterocycles. The molecule has 4 nitrogen and oxygen atoms in total. The zero-order valence-electron chi connectivity index (χ0n) is 66.4. The summed E-state index contributed by atoms with van der Waals surface area (Å²) in [7, 11) is 0. The molecule has 0 unspecified atom stereocenters. The Hall–Kier alpha value is -14.3. The minimum absolute atomic E-state index is 0.0863. The molecule has 0 radical (unpaired) electrons. The van der Waals surface area contributed by atoms with Crippen molar-refractivity contribution in [1.82, 2.24) is 9.13 Å². The lowest BCUT2D eigenvalue weighted by Crippen LogP contribution is -2.61. The molecule has 2 aromatic heterocycles. The Morgan fingerprint density at radius 2 is 0.556 bits per heavy atom. The third-order valence-corrected chi connectivity index (χ3v) is 24.9. The summed E-state index contributed by atoms with van der Waals surface area (Å²) in [4.78, 5) is 5.48. The fourth-order valence-corrected chi connectivity index (χ4v) is 19.3. The molecular weight excluding hydrogens is 1410 g/mol. The Morgan fingerprint density at radius 3 is 0.966 bits per heavy atom. The largest absolute Gasteiger partial charge is 0.310 e. The van der Waals surface area contributed by atoms with Gasteiger partial charge in [0.25, 0.3) is 6.71 Å². The van der Waals surface area contributed by atoms with Crippen LogP contribution in [0.4, 0.5) is 34.1 Å². The predicted octanol–water partition coefficient (Wildman–Crippen LogP) is 28.5. The van der Waals surface area contributed by atoms with Crippen LogP contribution in [0.1, 0.15) is 52.7 Å². The first-order valence-electron chi connectivity index (χ1n) is 41.1. The van der Waals surface area contributed by atoms with Gasteiger partial charge >= 0.3 is 0 Å². The van der Waals surface area contributed by atoms with Crippen molar-refractivity contribution in [2.45, 2.75) is 52.4 Å². The van der Waals surface area contributed by atoms with Crippen LogP contribution in [0.2, 0.25) is 0 Å². The standard InChI is InChI=1S/C112H83BN4/c1-111(2,3)83-54-59-101-95(67-83)96-68-84(112(4,5)6)55-60-102(96)114(101)85-56-58-98-104(69-85)117(110-93(76-41-21-11-22-42-76)64-82(73-35-15-8-16-36-73)65-94(110)77-43-23-12-24-44-77)106-71-86(115-99-51-31-29-49-89(99)90-50-30-32-52-100(90)115)70-105-108(106)113(98)97-57-53-80(107-87-47-27-25-45-78(87)61-79-46-26-28-48-88(79)107)66-103(97)116(105)109-91(74-37-17-9-18-38-74)62-81(72-33-13-7-14-34-72)63-92(109)75-39-19-10-20-40-75/h7-71H,1-6H3. The highest BCUT2D eigenvalue weighted by atomic mass is 15.2. The van der Waals surface area contributed by atoms with Gasteiger partial charge in [-0.1, -0.05) is 339 Å². The number of rotatable bonds is 11. The van der Waals surface area contributed by atoms with Crippen LogP contribution in [0, 0.1) is 0 Å². The van der Waals surface area contributed by atoms with Gasteiger partial charge in [0.2, 0.25) is 0 Å². The highest BCUT2D eigenvalue weighted by Gasteiger charge is 2.46. The Balaban J connectivity index is 0.951. The second-order valence-electron chi connectivity index (χ2n) is 33.9. The molecule has 0 atom stereocenters. The van der Waals surface area contributed by atoms with Crippen molar-refractivity contribution in [3.8, 4) is 89.3 Å². The van der Waals surface area contributed by atoms with Crippen LogP contribution in [-0.2, 0) is 10.8 Å². The smallest absolute Gasteiger partial charge is 0.252 e. The Kier molecular flexibility index (Phi) is 16.2. The highest BCUT2D eigenvalue weighted by molar-refractivity contribution is 7.00. The van der Waals surface area contributed by atoms with Gasteiger partial charge in [0.1, 0.15) is 0 Å². The molecule has 5 heteroatoms. The van der Waals surface area contributed by atoms with E-state index in [2.05, 4.69) is 455 Å². The summed E-state index contributed by atoms with van der Waals surface area (Å²) in [6.45, 7) is 13.7. The fraction of sp³-hybridized carbons (Fsp3) is 0.0714. The number of hydrogen-bond acceptors (Lipinski definition) is 2. The van der Waals surface area contributed by atoms with Crippen molar-refractivity contribution in [2.75, 3.05) is 9.80 Å². The number of para-hydroxylation sites is 2. The van der Waals surface area contributed by atoms with E-state index >= 15 is 0 Å². The average molecular weight is 1500 g/mol. The summed E-state index contributed by atoms with van der Waals surface area (Å²) in [5, 5.41) is 9.69. The molecule has 0 aliphatic carbocycles. The Labute approximate surface area is 683 Å². The molecule has 18 aromatic carbocycles. The molecule has 4 heterocycles. The monoisotopic (exact) mass is 1490 g/mol. The first kappa shape index (κ1) is 69.5. The van der Waals surface area contributed by atoms with Crippen molar-refractivity contribution in [3.63, 3.8) is 0 Å². The van der Waals surface area contributed by atoms with E-state index in [-0.39, 0.29) is 17.5 Å². The summed E-state index contributed by atoms with van der Waals surface area (Å²) < 4.78 is 5.13. The molecule has 2 aliphatic rings. The van der Waals surface area contributed by atoms with E-state index in [0.29, 0.717) is 0 Å². The van der Waals surface area contributed by atoms with E-state index in [1.54, 1.807) is 0 Å². The van der Waals surface area contributed by atoms with Crippen LogP contribution < -0.4 is 26.2 Å². The van der Waals surface area contributed by atoms with Gasteiger partial charge in [-0.05, 0) is 213 Å². The second kappa shape index (κ2) is 27.2. The van der Waals surface area contributed by atoms with Crippen molar-refractivity contribution >= 4 is 122 Å². The highest BCUT2D eigenvalue weighted by Crippen LogP contribution is 2.57. The van der Waals surface area contributed by atoms with Crippen LogP contribution in [-0.4, -0.2) is 15.8 Å². The molecule has 554 valence electrons. The summed E-state index contributed by atoms with van der Waals surface area (Å²) in [6.07, 6.45) is 0. The number of hydrogen-bond donors (Lipinski definition) is 0. The third-order valence-electron chi connectivity index (χ3n) is 24.9. The predicted molar refractivity (Wildman–Crippen MR) is 500 cm³/mol. The number of anilines is 6. The SMILES string of the molecule is CC(C)(C)c1ccc2c(c1)c1cc(C(C)(C)C)ccc1n2-c1ccc2c(c1)N(c1c(-c3ccccc3)cc(-c3ccccc3)cc1-c1ccccc1)c1cc(-n3c4ccccc4c4ccccc43)cc3c1B2c1ccc(-c2c4ccccc4cc4ccccc24)cc1N3c1c(-c2ccccc2)cc(-c2ccccc2)cc1-c1ccccc1. The molecule has 0 spiro atoms. The normalized spacial score (nSPS) is 12.6. The molecule has 22 rings (SSSR count). The third kappa shape index (κ3) is 11.4. The van der Waals surface area contributed by atoms with Crippen LogP contribution >= 0.6 is 0 Å². The van der Waals surface area contributed by atoms with Crippen molar-refractivity contribution in [1.29, 1.82) is 0 Å². The molecule has 0 saturated carbocycles. The maximum atomic E-state index is 2.74. The zero-order chi connectivity index (χ0) is 78.4. The minimum Gasteiger partial charge on any atom is -0.310 e. The lowest BCUT2D eigenvalue weighted by molar-refractivity contribution is 0.590. The Morgan fingerprint density at radius 1 is 0.222 bits per heavy atom. The van der Waals surface area contributed by atoms with Crippen LogP contribution in [0.5, 0.6) is 0 Å². The van der Waals surface area contributed by atoms with E-state index in [0.717, 1.165) is 129 Å². The number of benzene rings is 18. The summed E-state index contributed by atoms with van der Waals surface area (Å²) in [6, 6.07) is 150. The lowest BCUT2D eigenvalue weighted by atomic mass is 9.33. The molecule has 0 N–H and O–H groups in total. The van der Waals surface area contributed by atoms with E-state index in [1.165, 1.54) is 87.2 Å². The van der Waals surface area contributed by atoms with Gasteiger partial charge in [0.05, 0.1) is 39.1 Å². The fourth-order valence-electron chi connectivity index (χ4n) is 19.3. The van der Waals surface area contributed by atoms with E-state index < -0.39 is 0 Å². The topological polar surface area (TPSA) is 16.3 Å². The van der Waals surface area contributed by atoms with Crippen LogP contribution in [0.15, 0.2) is 394 Å². The summed E-state index contributed by atoms with van der Waals surface area (Å²) >= 11 is 0. The molecule has 0 bridgehead atoms. The maximum absolute atomic E-state index is 2.74. The van der Waals surface area contributed by atoms with E-state index in [1.807, 2.05) is 0 Å². The molecule has 0 fully saturated rings. The Bertz CT molecular complexity index is 7070. The van der Waals surface area contributed by atoms with Crippen molar-refractivity contribution in [2.24, 2.45) is 0 Å². The molecule has 20 aromatic rings. The number of aromatic nitrogens is 2. The number of fused-ring (bicyclic) bond motifs is 12. The quantitative estimate of drug-likeness (QED) is 0.0948. The molecule has 0 amide bonds. The van der Waals surface area contributed by atoms with Gasteiger partial charge in [0.15, 0.2) is 0 Å². The summed E-state index contributed by atoms with van der Waals surface area (Å²) in [5.74, 6) is 0. The maximum Gasteiger partial charge on any atom is 0.252 e. The van der Waals surface area contributed by atoms with Gasteiger partial charge in [0, 0.05) is 72.2 Å². The van der Waals surface area contributed by atoms with Crippen molar-refractivity contribution in [3.05, 3.63) is 405 Å². The van der Waals surface area contributed by atoms with Gasteiger partial charge in [-0.3, -0.25) is 0 Å². The number of nitrogens with zero attached hydrogens (tertiary/aromatic N) is 4. The van der Waals surface area contributed by atoms with Gasteiger partial charge in [-0.25, -0.2) is 0 Å². The zero-order valence-corrected chi connectivity index (χ0v) is 66.4. The average Bonchev–Trinajstić information content (AvgIpc) is 1.10. The van der Waals surface area contributed by atoms with E-state index in [4.69, 9.17) is 0 Å². The van der Waals surface area contributed by atoms with E-state index in [9.17, 15) is 0 Å². The summed E-state index contributed by atoms with van der Waals surface area (Å²) in [5.41, 5.74) is 35.0. The molecule has 117 heavy (non-hydrogen) atoms. The lowest BCUT2D eigenvalue weighted by Gasteiger charge is -2.46. The molecule has 0 saturated heterocycles. The van der Waals surface area contributed by atoms with Crippen LogP contribution in [0.25, 0.3) is 154 Å². The first-order chi connectivity index (χ1) is 57.3. The second-order valence-corrected chi connectivity index (χ2v) is 33.9. The first-order valence-corrected chi connectivity index (χ1v) is 41.1. The van der Waals surface area contributed by atoms with Crippen LogP contribution in [0.3, 0.4) is 0 Å². The minimum atomic E-state index is -0.332. The van der Waals surface area contributed by atoms with Gasteiger partial charge < -0.3 is 18.9 Å².